The molecule has 0 atom stereocenters. The molecule has 0 radical (unpaired) electrons. The van der Waals surface area contributed by atoms with Crippen LogP contribution < -0.4 is 0 Å². The number of phenolic OH excluding ortho intramolecular Hbond substituents is 2. The summed E-state index contributed by atoms with van der Waals surface area (Å²) >= 11 is 37.5. The third-order valence-corrected chi connectivity index (χ3v) is 7.19. The molecule has 0 bridgehead atoms. The molecule has 10 heteroatoms. The van der Waals surface area contributed by atoms with Crippen LogP contribution in [0.5, 0.6) is 11.5 Å². The predicted octanol–water partition coefficient (Wildman–Crippen LogP) is 7.48. The van der Waals surface area contributed by atoms with Crippen LogP contribution in [-0.2, 0) is 10.3 Å². The minimum atomic E-state index is -1.68. The number of cyclic esters (lactones) is 1. The number of ether oxygens (including phenoxy) is 1. The summed E-state index contributed by atoms with van der Waals surface area (Å²) in [5.74, 6) is -1.16. The van der Waals surface area contributed by atoms with E-state index in [2.05, 4.69) is 0 Å². The molecule has 2 N–H and O–H groups in total. The lowest BCUT2D eigenvalue weighted by atomic mass is 9.79. The Labute approximate surface area is 200 Å². The lowest BCUT2D eigenvalue weighted by Crippen LogP contribution is -2.30. The number of carbonyl (C=O) groups is 1. The third kappa shape index (κ3) is 3.01. The van der Waals surface area contributed by atoms with Crippen molar-refractivity contribution in [2.45, 2.75) is 5.60 Å². The number of halogens is 6. The molecule has 1 heterocycles. The van der Waals surface area contributed by atoms with Gasteiger partial charge in [0, 0.05) is 16.7 Å². The molecule has 30 heavy (non-hydrogen) atoms. The van der Waals surface area contributed by atoms with Gasteiger partial charge in [-0.1, -0.05) is 81.7 Å². The molecule has 4 nitrogen and oxygen atoms in total. The van der Waals surface area contributed by atoms with Crippen LogP contribution in [0.4, 0.5) is 0 Å². The topological polar surface area (TPSA) is 66.8 Å². The van der Waals surface area contributed by atoms with Crippen LogP contribution in [-0.4, -0.2) is 16.2 Å². The van der Waals surface area contributed by atoms with Gasteiger partial charge in [0.2, 0.25) is 0 Å². The monoisotopic (exact) mass is 522 g/mol. The molecular weight excluding hydrogens is 517 g/mol. The quantitative estimate of drug-likeness (QED) is 0.207. The molecule has 3 aromatic rings. The highest BCUT2D eigenvalue weighted by Crippen LogP contribution is 2.56. The lowest BCUT2D eigenvalue weighted by Gasteiger charge is -2.31. The zero-order chi connectivity index (χ0) is 22.0. The number of hydrogen-bond acceptors (Lipinski definition) is 4. The van der Waals surface area contributed by atoms with E-state index in [-0.39, 0.29) is 52.8 Å². The average molecular weight is 525 g/mol. The maximum absolute atomic E-state index is 12.9. The molecule has 0 unspecified atom stereocenters. The first kappa shape index (κ1) is 21.7. The zero-order valence-electron chi connectivity index (χ0n) is 14.4. The molecule has 0 saturated carbocycles. The van der Waals surface area contributed by atoms with Crippen LogP contribution >= 0.6 is 69.6 Å². The Hall–Kier alpha value is -1.53. The highest BCUT2D eigenvalue weighted by Gasteiger charge is 2.52. The van der Waals surface area contributed by atoms with E-state index in [1.54, 1.807) is 0 Å². The Bertz CT molecular complexity index is 1190. The Kier molecular flexibility index (Phi) is 5.46. The van der Waals surface area contributed by atoms with Crippen LogP contribution in [0.2, 0.25) is 30.1 Å². The molecule has 0 aromatic heterocycles. The average Bonchev–Trinajstić information content (AvgIpc) is 3.03. The maximum Gasteiger partial charge on any atom is 0.341 e. The fraction of sp³-hybridized carbons (Fsp3) is 0.0500. The van der Waals surface area contributed by atoms with Crippen molar-refractivity contribution in [1.82, 2.24) is 0 Å². The van der Waals surface area contributed by atoms with Crippen molar-refractivity contribution in [2.75, 3.05) is 0 Å². The van der Waals surface area contributed by atoms with Gasteiger partial charge in [-0.2, -0.15) is 0 Å². The van der Waals surface area contributed by atoms with E-state index in [9.17, 15) is 15.0 Å². The van der Waals surface area contributed by atoms with Crippen LogP contribution in [0, 0.1) is 0 Å². The number of esters is 1. The van der Waals surface area contributed by atoms with E-state index in [1.807, 2.05) is 0 Å². The Morgan fingerprint density at radius 2 is 1.17 bits per heavy atom. The van der Waals surface area contributed by atoms with Gasteiger partial charge in [0.15, 0.2) is 5.60 Å². The second kappa shape index (κ2) is 7.56. The van der Waals surface area contributed by atoms with E-state index >= 15 is 0 Å². The fourth-order valence-corrected chi connectivity index (χ4v) is 4.84. The molecule has 4 rings (SSSR count). The predicted molar refractivity (Wildman–Crippen MR) is 118 cm³/mol. The molecule has 0 fully saturated rings. The van der Waals surface area contributed by atoms with Crippen LogP contribution in [0.1, 0.15) is 27.0 Å². The highest BCUT2D eigenvalue weighted by atomic mass is 35.5. The van der Waals surface area contributed by atoms with Gasteiger partial charge in [-0.15, -0.1) is 0 Å². The van der Waals surface area contributed by atoms with Gasteiger partial charge in [-0.3, -0.25) is 0 Å². The number of benzene rings is 3. The van der Waals surface area contributed by atoms with Crippen molar-refractivity contribution in [2.24, 2.45) is 0 Å². The van der Waals surface area contributed by atoms with Crippen molar-refractivity contribution < 1.29 is 19.7 Å². The molecule has 1 aliphatic rings. The number of phenols is 2. The summed E-state index contributed by atoms with van der Waals surface area (Å²) in [6.07, 6.45) is 0. The summed E-state index contributed by atoms with van der Waals surface area (Å²) in [5.41, 5.74) is -0.955. The summed E-state index contributed by atoms with van der Waals surface area (Å²) in [6, 6.07) is 8.48. The Balaban J connectivity index is 2.19. The van der Waals surface area contributed by atoms with Gasteiger partial charge in [-0.25, -0.2) is 4.79 Å². The van der Waals surface area contributed by atoms with E-state index in [1.165, 1.54) is 36.4 Å². The van der Waals surface area contributed by atoms with Crippen LogP contribution in [0.15, 0.2) is 36.4 Å². The summed E-state index contributed by atoms with van der Waals surface area (Å²) in [5, 5.41) is 19.4. The standard InChI is InChI=1S/C20H8Cl6O4/c21-9-5-7(1-3-11(9)27)20(8-2-4-12(28)10(22)6-8)14-13(19(29)30-20)15(23)17(25)18(26)16(14)24/h1-6,27-28H. The summed E-state index contributed by atoms with van der Waals surface area (Å²) in [4.78, 5) is 12.9. The van der Waals surface area contributed by atoms with Gasteiger partial charge >= 0.3 is 5.97 Å². The molecule has 0 spiro atoms. The minimum Gasteiger partial charge on any atom is -0.506 e. The normalized spacial score (nSPS) is 14.5. The molecular formula is C20H8Cl6O4. The van der Waals surface area contributed by atoms with Crippen molar-refractivity contribution in [3.63, 3.8) is 0 Å². The van der Waals surface area contributed by atoms with Crippen LogP contribution in [0.25, 0.3) is 0 Å². The second-order valence-electron chi connectivity index (χ2n) is 6.41. The SMILES string of the molecule is O=C1OC(c2ccc(O)c(Cl)c2)(c2ccc(O)c(Cl)c2)c2c(Cl)c(Cl)c(Cl)c(Cl)c21. The Morgan fingerprint density at radius 1 is 0.700 bits per heavy atom. The second-order valence-corrected chi connectivity index (χ2v) is 8.74. The number of hydrogen-bond donors (Lipinski definition) is 2. The highest BCUT2D eigenvalue weighted by molar-refractivity contribution is 6.53. The van der Waals surface area contributed by atoms with Gasteiger partial charge in [-0.05, 0) is 24.3 Å². The first-order valence-corrected chi connectivity index (χ1v) is 10.4. The van der Waals surface area contributed by atoms with Crippen molar-refractivity contribution in [3.05, 3.63) is 88.8 Å². The largest absolute Gasteiger partial charge is 0.506 e. The van der Waals surface area contributed by atoms with Gasteiger partial charge in [0.05, 0.1) is 35.7 Å². The first-order valence-electron chi connectivity index (χ1n) is 8.17. The fourth-order valence-electron chi connectivity index (χ4n) is 3.42. The lowest BCUT2D eigenvalue weighted by molar-refractivity contribution is 0.0252. The first-order chi connectivity index (χ1) is 14.1. The summed E-state index contributed by atoms with van der Waals surface area (Å²) in [6.45, 7) is 0. The molecule has 0 saturated heterocycles. The van der Waals surface area contributed by atoms with Gasteiger partial charge < -0.3 is 14.9 Å². The number of rotatable bonds is 2. The van der Waals surface area contributed by atoms with E-state index in [0.717, 1.165) is 0 Å². The van der Waals surface area contributed by atoms with Crippen molar-refractivity contribution >= 4 is 75.6 Å². The zero-order valence-corrected chi connectivity index (χ0v) is 19.0. The van der Waals surface area contributed by atoms with E-state index < -0.39 is 11.6 Å². The number of fused-ring (bicyclic) bond motifs is 1. The summed E-state index contributed by atoms with van der Waals surface area (Å²) in [7, 11) is 0. The van der Waals surface area contributed by atoms with Gasteiger partial charge in [0.1, 0.15) is 11.5 Å². The maximum atomic E-state index is 12.9. The molecule has 0 aliphatic carbocycles. The number of aromatic hydroxyl groups is 2. The summed E-state index contributed by atoms with van der Waals surface area (Å²) < 4.78 is 5.85. The molecule has 3 aromatic carbocycles. The van der Waals surface area contributed by atoms with E-state index in [0.29, 0.717) is 11.1 Å². The van der Waals surface area contributed by atoms with Crippen LogP contribution in [0.3, 0.4) is 0 Å². The smallest absolute Gasteiger partial charge is 0.341 e. The third-order valence-electron chi connectivity index (χ3n) is 4.78. The van der Waals surface area contributed by atoms with E-state index in [4.69, 9.17) is 74.3 Å². The number of carbonyl (C=O) groups excluding carboxylic acids is 1. The molecule has 1 aliphatic heterocycles. The van der Waals surface area contributed by atoms with Gasteiger partial charge in [0.25, 0.3) is 0 Å². The van der Waals surface area contributed by atoms with Crippen molar-refractivity contribution in [3.8, 4) is 11.5 Å². The molecule has 154 valence electrons. The van der Waals surface area contributed by atoms with Crippen molar-refractivity contribution in [1.29, 1.82) is 0 Å². The minimum absolute atomic E-state index is 0.00327. The molecule has 0 amide bonds. The Morgan fingerprint density at radius 3 is 1.63 bits per heavy atom.